The summed E-state index contributed by atoms with van der Waals surface area (Å²) in [5, 5.41) is 6.55. The first-order valence-corrected chi connectivity index (χ1v) is 7.94. The number of hydrogen-bond donors (Lipinski definition) is 2. The van der Waals surface area contributed by atoms with E-state index < -0.39 is 0 Å². The standard InChI is InChI=1S/C15H34N4O2.HI/c1-5-6-13-21-14-9-18-15(16-2)17-8-11-19(3)10-7-12-20-4;/h5-14H2,1-4H3,(H2,16,17,18);1H. The van der Waals surface area contributed by atoms with Gasteiger partial charge in [0.15, 0.2) is 5.96 Å². The third-order valence-electron chi connectivity index (χ3n) is 3.08. The Labute approximate surface area is 153 Å². The number of hydrogen-bond acceptors (Lipinski definition) is 4. The van der Waals surface area contributed by atoms with Crippen LogP contribution in [-0.4, -0.2) is 78.1 Å². The first-order chi connectivity index (χ1) is 10.2. The number of rotatable bonds is 13. The Morgan fingerprint density at radius 3 is 2.41 bits per heavy atom. The fourth-order valence-corrected chi connectivity index (χ4v) is 1.77. The number of nitrogens with one attached hydrogen (secondary N) is 2. The van der Waals surface area contributed by atoms with Crippen molar-refractivity contribution < 1.29 is 9.47 Å². The zero-order valence-corrected chi connectivity index (χ0v) is 17.0. The number of ether oxygens (including phenoxy) is 2. The lowest BCUT2D eigenvalue weighted by Crippen LogP contribution is -2.42. The van der Waals surface area contributed by atoms with Crippen molar-refractivity contribution in [1.29, 1.82) is 0 Å². The molecule has 0 aliphatic heterocycles. The quantitative estimate of drug-likeness (QED) is 0.201. The maximum atomic E-state index is 5.50. The fraction of sp³-hybridized carbons (Fsp3) is 0.933. The monoisotopic (exact) mass is 430 g/mol. The lowest BCUT2D eigenvalue weighted by atomic mass is 10.4. The molecule has 0 rings (SSSR count). The van der Waals surface area contributed by atoms with E-state index >= 15 is 0 Å². The molecule has 0 saturated carbocycles. The molecule has 2 N–H and O–H groups in total. The lowest BCUT2D eigenvalue weighted by molar-refractivity contribution is 0.136. The van der Waals surface area contributed by atoms with Gasteiger partial charge in [-0.25, -0.2) is 0 Å². The highest BCUT2D eigenvalue weighted by Crippen LogP contribution is 1.87. The normalized spacial score (nSPS) is 11.4. The number of methoxy groups -OCH3 is 1. The SMILES string of the molecule is CCCCOCCNC(=NC)NCCN(C)CCCOC.I. The molecule has 0 fully saturated rings. The van der Waals surface area contributed by atoms with Crippen molar-refractivity contribution in [3.8, 4) is 0 Å². The Bertz CT molecular complexity index is 256. The van der Waals surface area contributed by atoms with E-state index in [1.54, 1.807) is 14.2 Å². The summed E-state index contributed by atoms with van der Waals surface area (Å²) < 4.78 is 10.5. The largest absolute Gasteiger partial charge is 0.385 e. The van der Waals surface area contributed by atoms with Crippen LogP contribution < -0.4 is 10.6 Å². The molecule has 0 aromatic rings. The van der Waals surface area contributed by atoms with Crippen LogP contribution in [0, 0.1) is 0 Å². The minimum absolute atomic E-state index is 0. The van der Waals surface area contributed by atoms with Crippen LogP contribution in [0.1, 0.15) is 26.2 Å². The van der Waals surface area contributed by atoms with Crippen molar-refractivity contribution >= 4 is 29.9 Å². The maximum absolute atomic E-state index is 5.50. The molecule has 22 heavy (non-hydrogen) atoms. The maximum Gasteiger partial charge on any atom is 0.191 e. The molecular formula is C15H35IN4O2. The fourth-order valence-electron chi connectivity index (χ4n) is 1.77. The van der Waals surface area contributed by atoms with E-state index in [0.29, 0.717) is 0 Å². The van der Waals surface area contributed by atoms with Gasteiger partial charge in [0, 0.05) is 53.6 Å². The average molecular weight is 430 g/mol. The predicted octanol–water partition coefficient (Wildman–Crippen LogP) is 1.55. The van der Waals surface area contributed by atoms with Gasteiger partial charge in [0.25, 0.3) is 0 Å². The van der Waals surface area contributed by atoms with Crippen LogP contribution in [0.5, 0.6) is 0 Å². The van der Waals surface area contributed by atoms with Crippen LogP contribution in [0.3, 0.4) is 0 Å². The van der Waals surface area contributed by atoms with Gasteiger partial charge < -0.3 is 25.0 Å². The van der Waals surface area contributed by atoms with Gasteiger partial charge in [-0.05, 0) is 19.9 Å². The first-order valence-electron chi connectivity index (χ1n) is 7.94. The molecule has 0 aliphatic carbocycles. The highest BCUT2D eigenvalue weighted by Gasteiger charge is 2.00. The van der Waals surface area contributed by atoms with E-state index in [-0.39, 0.29) is 24.0 Å². The van der Waals surface area contributed by atoms with Gasteiger partial charge in [-0.3, -0.25) is 4.99 Å². The van der Waals surface area contributed by atoms with E-state index in [2.05, 4.69) is 34.5 Å². The summed E-state index contributed by atoms with van der Waals surface area (Å²) in [4.78, 5) is 6.48. The second kappa shape index (κ2) is 18.9. The van der Waals surface area contributed by atoms with Gasteiger partial charge in [0.05, 0.1) is 6.61 Å². The van der Waals surface area contributed by atoms with Gasteiger partial charge in [0.2, 0.25) is 0 Å². The molecule has 0 heterocycles. The molecule has 7 heteroatoms. The number of nitrogens with zero attached hydrogens (tertiary/aromatic N) is 2. The number of unbranched alkanes of at least 4 members (excludes halogenated alkanes) is 1. The summed E-state index contributed by atoms with van der Waals surface area (Å²) in [6.45, 7) is 8.24. The number of guanidine groups is 1. The van der Waals surface area contributed by atoms with Crippen molar-refractivity contribution in [2.75, 3.05) is 67.2 Å². The third-order valence-corrected chi connectivity index (χ3v) is 3.08. The number of likely N-dealkylation sites (N-methyl/N-ethyl adjacent to an activating group) is 1. The van der Waals surface area contributed by atoms with Crippen LogP contribution >= 0.6 is 24.0 Å². The minimum atomic E-state index is 0. The summed E-state index contributed by atoms with van der Waals surface area (Å²) in [6.07, 6.45) is 3.37. The van der Waals surface area contributed by atoms with Gasteiger partial charge in [-0.1, -0.05) is 13.3 Å². The second-order valence-electron chi connectivity index (χ2n) is 5.04. The smallest absolute Gasteiger partial charge is 0.191 e. The first kappa shape index (κ1) is 24.1. The Morgan fingerprint density at radius 1 is 1.05 bits per heavy atom. The van der Waals surface area contributed by atoms with E-state index in [0.717, 1.165) is 64.8 Å². The van der Waals surface area contributed by atoms with E-state index in [4.69, 9.17) is 9.47 Å². The molecule has 0 spiro atoms. The topological polar surface area (TPSA) is 58.1 Å². The number of halogens is 1. The molecule has 0 unspecified atom stereocenters. The lowest BCUT2D eigenvalue weighted by Gasteiger charge is -2.18. The van der Waals surface area contributed by atoms with Crippen LogP contribution in [0.25, 0.3) is 0 Å². The van der Waals surface area contributed by atoms with Crippen molar-refractivity contribution in [1.82, 2.24) is 15.5 Å². The Kier molecular flexibility index (Phi) is 20.8. The summed E-state index contributed by atoms with van der Waals surface area (Å²) in [6, 6.07) is 0. The van der Waals surface area contributed by atoms with Crippen LogP contribution in [-0.2, 0) is 9.47 Å². The summed E-state index contributed by atoms with van der Waals surface area (Å²) in [5.74, 6) is 0.833. The molecule has 0 atom stereocenters. The Morgan fingerprint density at radius 2 is 1.77 bits per heavy atom. The van der Waals surface area contributed by atoms with Crippen molar-refractivity contribution in [2.45, 2.75) is 26.2 Å². The van der Waals surface area contributed by atoms with Gasteiger partial charge in [-0.2, -0.15) is 0 Å². The van der Waals surface area contributed by atoms with Gasteiger partial charge in [-0.15, -0.1) is 24.0 Å². The van der Waals surface area contributed by atoms with E-state index in [1.165, 1.54) is 6.42 Å². The highest BCUT2D eigenvalue weighted by molar-refractivity contribution is 14.0. The van der Waals surface area contributed by atoms with Gasteiger partial charge in [0.1, 0.15) is 0 Å². The van der Waals surface area contributed by atoms with Crippen molar-refractivity contribution in [2.24, 2.45) is 4.99 Å². The molecular weight excluding hydrogens is 395 g/mol. The van der Waals surface area contributed by atoms with Crippen LogP contribution in [0.4, 0.5) is 0 Å². The molecule has 0 amide bonds. The Hall–Kier alpha value is -0.120. The van der Waals surface area contributed by atoms with Crippen molar-refractivity contribution in [3.63, 3.8) is 0 Å². The molecule has 134 valence electrons. The molecule has 0 radical (unpaired) electrons. The van der Waals surface area contributed by atoms with Crippen LogP contribution in [0.15, 0.2) is 4.99 Å². The van der Waals surface area contributed by atoms with Crippen LogP contribution in [0.2, 0.25) is 0 Å². The molecule has 0 saturated heterocycles. The third kappa shape index (κ3) is 16.3. The van der Waals surface area contributed by atoms with Crippen molar-refractivity contribution in [3.05, 3.63) is 0 Å². The predicted molar refractivity (Wildman–Crippen MR) is 104 cm³/mol. The molecule has 0 aromatic carbocycles. The van der Waals surface area contributed by atoms with E-state index in [1.807, 2.05) is 0 Å². The summed E-state index contributed by atoms with van der Waals surface area (Å²) >= 11 is 0. The highest BCUT2D eigenvalue weighted by atomic mass is 127. The molecule has 6 nitrogen and oxygen atoms in total. The zero-order valence-electron chi connectivity index (χ0n) is 14.7. The molecule has 0 aliphatic rings. The second-order valence-corrected chi connectivity index (χ2v) is 5.04. The number of aliphatic imine (C=N–C) groups is 1. The van der Waals surface area contributed by atoms with Gasteiger partial charge >= 0.3 is 0 Å². The molecule has 0 bridgehead atoms. The summed E-state index contributed by atoms with van der Waals surface area (Å²) in [7, 11) is 5.65. The summed E-state index contributed by atoms with van der Waals surface area (Å²) in [5.41, 5.74) is 0. The Balaban J connectivity index is 0. The van der Waals surface area contributed by atoms with E-state index in [9.17, 15) is 0 Å². The minimum Gasteiger partial charge on any atom is -0.385 e. The molecule has 0 aromatic heterocycles. The average Bonchev–Trinajstić information content (AvgIpc) is 2.49. The zero-order chi connectivity index (χ0) is 15.8.